The molecule has 0 bridgehead atoms. The molecule has 3 N–H and O–H groups in total. The summed E-state index contributed by atoms with van der Waals surface area (Å²) in [7, 11) is 5.56. The number of aromatic hydroxyl groups is 3. The van der Waals surface area contributed by atoms with Crippen molar-refractivity contribution in [3.05, 3.63) is 132 Å². The number of phenols is 3. The monoisotopic (exact) mass is 875 g/mol. The normalized spacial score (nSPS) is 10.1. The molecule has 65 heavy (non-hydrogen) atoms. The fraction of sp³-hybridized carbons (Fsp3) is 0.265. The quantitative estimate of drug-likeness (QED) is 0.0932. The van der Waals surface area contributed by atoms with Gasteiger partial charge in [-0.25, -0.2) is 0 Å². The van der Waals surface area contributed by atoms with E-state index in [1.165, 1.54) is 14.4 Å². The fourth-order valence-corrected chi connectivity index (χ4v) is 6.22. The van der Waals surface area contributed by atoms with E-state index in [1.807, 2.05) is 166 Å². The molecule has 0 aliphatic carbocycles. The van der Waals surface area contributed by atoms with Gasteiger partial charge in [-0.05, 0) is 85.6 Å². The highest BCUT2D eigenvalue weighted by Gasteiger charge is 2.15. The Morgan fingerprint density at radius 2 is 0.908 bits per heavy atom. The van der Waals surface area contributed by atoms with E-state index < -0.39 is 0 Å². The van der Waals surface area contributed by atoms with Crippen molar-refractivity contribution in [2.45, 2.75) is 75.4 Å². The van der Waals surface area contributed by atoms with E-state index in [0.717, 1.165) is 56.0 Å². The number of benzene rings is 6. The molecule has 2 radical (unpaired) electrons. The molecule has 336 valence electrons. The zero-order chi connectivity index (χ0) is 47.5. The zero-order valence-electron chi connectivity index (χ0n) is 39.2. The van der Waals surface area contributed by atoms with Gasteiger partial charge in [0.25, 0.3) is 0 Å². The summed E-state index contributed by atoms with van der Waals surface area (Å²) in [5, 5.41) is 56.7. The van der Waals surface area contributed by atoms with Gasteiger partial charge in [0, 0.05) is 13.2 Å². The molecular weight excluding hydrogens is 816 g/mol. The average Bonchev–Trinajstić information content (AvgIpc) is 4.10. The molecule has 0 fully saturated rings. The van der Waals surface area contributed by atoms with Crippen molar-refractivity contribution in [3.63, 3.8) is 0 Å². The standard InChI is InChI=1S/C15H15BN3O.C15H15N3O3.C13H11BN3O.3C2H6/c1-10-7-11(9-16-2)8-14(15(10)20)19-17-12-5-3-4-6-13(12)18-19;1-10-7-11(21-9-20-2)8-14(15(10)19)18-16-12-5-3-4-6-13(12)17-18;1-14-9-6-7-12(13(18)8-9)17-15-10-4-2-3-5-11(10)16-17;3*1-2/h3-8,20H,9H2,1-2H3;3-8,19H,9H2,1-2H3;2-8,18H,1H3;3*1-2H3. The van der Waals surface area contributed by atoms with Crippen molar-refractivity contribution in [1.82, 2.24) is 45.0 Å². The van der Waals surface area contributed by atoms with Gasteiger partial charge in [0.1, 0.15) is 87.7 Å². The van der Waals surface area contributed by atoms with Crippen molar-refractivity contribution in [2.24, 2.45) is 0 Å². The van der Waals surface area contributed by atoms with Crippen LogP contribution in [0.3, 0.4) is 0 Å². The van der Waals surface area contributed by atoms with E-state index >= 15 is 0 Å². The van der Waals surface area contributed by atoms with Crippen LogP contribution in [0, 0.1) is 13.8 Å². The minimum atomic E-state index is 0.125. The molecule has 0 amide bonds. The van der Waals surface area contributed by atoms with Crippen LogP contribution in [0.5, 0.6) is 23.0 Å². The van der Waals surface area contributed by atoms with Crippen LogP contribution < -0.4 is 10.2 Å². The Hall–Kier alpha value is -7.19. The molecule has 3 aromatic heterocycles. The number of phenolic OH excluding ortho intramolecular Hbond substituents is 3. The largest absolute Gasteiger partial charge is 0.506 e. The maximum atomic E-state index is 10.3. The van der Waals surface area contributed by atoms with Gasteiger partial charge in [-0.2, -0.15) is 0 Å². The van der Waals surface area contributed by atoms with Crippen molar-refractivity contribution < 1.29 is 24.8 Å². The van der Waals surface area contributed by atoms with E-state index in [2.05, 4.69) is 37.9 Å². The summed E-state index contributed by atoms with van der Waals surface area (Å²) in [6.45, 7) is 19.8. The summed E-state index contributed by atoms with van der Waals surface area (Å²) < 4.78 is 10.3. The van der Waals surface area contributed by atoms with Crippen molar-refractivity contribution in [2.75, 3.05) is 13.9 Å². The number of rotatable bonds is 9. The predicted molar refractivity (Wildman–Crippen MR) is 264 cm³/mol. The number of nitrogens with zero attached hydrogens (tertiary/aromatic N) is 9. The third-order valence-corrected chi connectivity index (χ3v) is 9.22. The Labute approximate surface area is 383 Å². The third kappa shape index (κ3) is 12.7. The van der Waals surface area contributed by atoms with E-state index in [-0.39, 0.29) is 24.0 Å². The number of methoxy groups -OCH3 is 1. The Balaban J connectivity index is 0.000000202. The van der Waals surface area contributed by atoms with Gasteiger partial charge in [0.15, 0.2) is 6.79 Å². The number of hydrogen-bond donors (Lipinski definition) is 3. The highest BCUT2D eigenvalue weighted by Crippen LogP contribution is 2.31. The molecule has 9 rings (SSSR count). The van der Waals surface area contributed by atoms with Crippen molar-refractivity contribution >= 4 is 53.1 Å². The van der Waals surface area contributed by atoms with E-state index in [4.69, 9.17) is 9.47 Å². The first kappa shape index (κ1) is 50.5. The second-order valence-corrected chi connectivity index (χ2v) is 13.5. The number of fused-ring (bicyclic) bond motifs is 3. The SMILES string of the molecule is CC.CC.CC.COCOc1cc(C)c(O)c(-n2nc3ccccc3n2)c1.C[B]Cc1cc(C)c(O)c(-n2nc3ccccc3n2)c1.C[B]c1ccc(-n2nc3ccccc3n2)c(O)c1. The van der Waals surface area contributed by atoms with Crippen LogP contribution in [0.15, 0.2) is 115 Å². The van der Waals surface area contributed by atoms with Gasteiger partial charge >= 0.3 is 0 Å². The first-order valence-electron chi connectivity index (χ1n) is 21.8. The van der Waals surface area contributed by atoms with Crippen LogP contribution in [-0.4, -0.2) is 88.8 Å². The summed E-state index contributed by atoms with van der Waals surface area (Å²) >= 11 is 0. The summed E-state index contributed by atoms with van der Waals surface area (Å²) in [6, 6.07) is 35.6. The molecular formula is C49H59B2N9O5. The molecule has 9 aromatic rings. The van der Waals surface area contributed by atoms with Crippen LogP contribution in [-0.2, 0) is 11.1 Å². The molecule has 0 aliphatic heterocycles. The summed E-state index contributed by atoms with van der Waals surface area (Å²) in [6.07, 6.45) is 0.856. The number of ether oxygens (including phenoxy) is 2. The number of aryl methyl sites for hydroxylation is 2. The summed E-state index contributed by atoms with van der Waals surface area (Å²) in [4.78, 5) is 4.37. The van der Waals surface area contributed by atoms with Gasteiger partial charge < -0.3 is 24.8 Å². The van der Waals surface area contributed by atoms with Crippen LogP contribution in [0.1, 0.15) is 58.2 Å². The highest BCUT2D eigenvalue weighted by molar-refractivity contribution is 6.52. The van der Waals surface area contributed by atoms with E-state index in [0.29, 0.717) is 28.4 Å². The lowest BCUT2D eigenvalue weighted by Gasteiger charge is -2.10. The lowest BCUT2D eigenvalue weighted by atomic mass is 9.73. The van der Waals surface area contributed by atoms with Crippen molar-refractivity contribution in [3.8, 4) is 40.1 Å². The van der Waals surface area contributed by atoms with Crippen LogP contribution >= 0.6 is 0 Å². The minimum Gasteiger partial charge on any atom is -0.506 e. The maximum absolute atomic E-state index is 10.3. The predicted octanol–water partition coefficient (Wildman–Crippen LogP) is 9.69. The van der Waals surface area contributed by atoms with E-state index in [1.54, 1.807) is 32.2 Å². The summed E-state index contributed by atoms with van der Waals surface area (Å²) in [5.74, 6) is 1.11. The molecule has 0 aliphatic rings. The maximum Gasteiger partial charge on any atom is 0.188 e. The molecule has 0 spiro atoms. The van der Waals surface area contributed by atoms with Gasteiger partial charge in [-0.3, -0.25) is 0 Å². The average molecular weight is 876 g/mol. The molecule has 0 atom stereocenters. The molecule has 0 saturated heterocycles. The molecule has 0 saturated carbocycles. The Morgan fingerprint density at radius 3 is 1.29 bits per heavy atom. The number of aromatic nitrogens is 9. The van der Waals surface area contributed by atoms with Gasteiger partial charge in [0.2, 0.25) is 0 Å². The second kappa shape index (κ2) is 25.2. The first-order chi connectivity index (χ1) is 31.6. The second-order valence-electron chi connectivity index (χ2n) is 13.5. The highest BCUT2D eigenvalue weighted by atomic mass is 16.7. The molecule has 6 aromatic carbocycles. The Morgan fingerprint density at radius 1 is 0.508 bits per heavy atom. The van der Waals surface area contributed by atoms with Crippen LogP contribution in [0.25, 0.3) is 50.2 Å². The zero-order valence-corrected chi connectivity index (χ0v) is 39.2. The van der Waals surface area contributed by atoms with Crippen LogP contribution in [0.2, 0.25) is 13.6 Å². The summed E-state index contributed by atoms with van der Waals surface area (Å²) in [5.41, 5.74) is 10.1. The molecule has 0 unspecified atom stereocenters. The Bertz CT molecular complexity index is 2780. The topological polar surface area (TPSA) is 171 Å². The first-order valence-corrected chi connectivity index (χ1v) is 21.8. The van der Waals surface area contributed by atoms with Crippen molar-refractivity contribution in [1.29, 1.82) is 0 Å². The number of hydrogen-bond acceptors (Lipinski definition) is 11. The Kier molecular flexibility index (Phi) is 19.6. The minimum absolute atomic E-state index is 0.125. The van der Waals surface area contributed by atoms with Gasteiger partial charge in [0.05, 0.1) is 0 Å². The smallest absolute Gasteiger partial charge is 0.188 e. The van der Waals surface area contributed by atoms with E-state index in [9.17, 15) is 15.3 Å². The molecule has 3 heterocycles. The fourth-order valence-electron chi connectivity index (χ4n) is 6.22. The molecule has 14 nitrogen and oxygen atoms in total. The van der Waals surface area contributed by atoms with Crippen LogP contribution in [0.4, 0.5) is 0 Å². The lowest BCUT2D eigenvalue weighted by molar-refractivity contribution is 0.0510. The molecule has 16 heteroatoms. The third-order valence-electron chi connectivity index (χ3n) is 9.22. The van der Waals surface area contributed by atoms with Gasteiger partial charge in [-0.15, -0.1) is 45.0 Å². The lowest BCUT2D eigenvalue weighted by Crippen LogP contribution is -2.11. The van der Waals surface area contributed by atoms with Gasteiger partial charge in [-0.1, -0.05) is 121 Å².